The van der Waals surface area contributed by atoms with Crippen molar-refractivity contribution in [2.45, 2.75) is 49.2 Å². The molecule has 3 rings (SSSR count). The Morgan fingerprint density at radius 3 is 2.30 bits per heavy atom. The minimum absolute atomic E-state index is 0.0472. The number of amides is 1. The largest absolute Gasteiger partial charge is 0.416 e. The molecule has 0 heterocycles. The molecule has 2 aromatic rings. The Labute approximate surface area is 173 Å². The van der Waals surface area contributed by atoms with Crippen LogP contribution in [0.2, 0.25) is 0 Å². The van der Waals surface area contributed by atoms with Crippen LogP contribution < -0.4 is 9.62 Å². The average Bonchev–Trinajstić information content (AvgIpc) is 2.73. The molecule has 0 saturated heterocycles. The predicted molar refractivity (Wildman–Crippen MR) is 107 cm³/mol. The van der Waals surface area contributed by atoms with Gasteiger partial charge in [0.1, 0.15) is 6.54 Å². The van der Waals surface area contributed by atoms with Gasteiger partial charge in [-0.1, -0.05) is 43.5 Å². The van der Waals surface area contributed by atoms with Gasteiger partial charge in [-0.2, -0.15) is 13.2 Å². The van der Waals surface area contributed by atoms with Crippen LogP contribution in [-0.2, 0) is 21.0 Å². The van der Waals surface area contributed by atoms with E-state index in [9.17, 15) is 26.4 Å². The summed E-state index contributed by atoms with van der Waals surface area (Å²) >= 11 is 0. The zero-order chi connectivity index (χ0) is 21.8. The van der Waals surface area contributed by atoms with E-state index in [1.54, 1.807) is 6.07 Å². The molecule has 2 aromatic carbocycles. The number of anilines is 1. The molecule has 0 radical (unpaired) electrons. The highest BCUT2D eigenvalue weighted by Crippen LogP contribution is 2.33. The SMILES string of the molecule is O=C(CN(c1cccc(C(F)(F)F)c1)S(=O)(=O)c1ccccc1)NC1CCCCC1. The summed E-state index contributed by atoms with van der Waals surface area (Å²) in [6, 6.07) is 11.3. The zero-order valence-corrected chi connectivity index (χ0v) is 17.0. The van der Waals surface area contributed by atoms with E-state index in [0.717, 1.165) is 54.6 Å². The summed E-state index contributed by atoms with van der Waals surface area (Å²) in [6.45, 7) is -0.602. The van der Waals surface area contributed by atoms with Crippen LogP contribution in [0.15, 0.2) is 59.5 Å². The number of nitrogens with zero attached hydrogens (tertiary/aromatic N) is 1. The molecule has 0 spiro atoms. The number of rotatable bonds is 6. The lowest BCUT2D eigenvalue weighted by Gasteiger charge is -2.27. The summed E-state index contributed by atoms with van der Waals surface area (Å²) in [5, 5.41) is 2.82. The first-order valence-corrected chi connectivity index (χ1v) is 11.2. The highest BCUT2D eigenvalue weighted by Gasteiger charge is 2.33. The van der Waals surface area contributed by atoms with Crippen LogP contribution >= 0.6 is 0 Å². The van der Waals surface area contributed by atoms with Crippen LogP contribution in [0, 0.1) is 0 Å². The molecular weight excluding hydrogens is 417 g/mol. The van der Waals surface area contributed by atoms with Crippen molar-refractivity contribution in [3.8, 4) is 0 Å². The number of alkyl halides is 3. The smallest absolute Gasteiger partial charge is 0.352 e. The lowest BCUT2D eigenvalue weighted by molar-refractivity contribution is -0.137. The van der Waals surface area contributed by atoms with E-state index in [1.165, 1.54) is 30.3 Å². The molecule has 1 amide bonds. The number of halogens is 3. The van der Waals surface area contributed by atoms with Crippen LogP contribution in [0.1, 0.15) is 37.7 Å². The van der Waals surface area contributed by atoms with E-state index in [-0.39, 0.29) is 16.6 Å². The highest BCUT2D eigenvalue weighted by atomic mass is 32.2. The van der Waals surface area contributed by atoms with Crippen molar-refractivity contribution < 1.29 is 26.4 Å². The molecular formula is C21H23F3N2O3S. The summed E-state index contributed by atoms with van der Waals surface area (Å²) in [5.41, 5.74) is -1.20. The predicted octanol–water partition coefficient (Wildman–Crippen LogP) is 4.35. The Kier molecular flexibility index (Phi) is 6.70. The van der Waals surface area contributed by atoms with Gasteiger partial charge in [0.25, 0.3) is 10.0 Å². The Hall–Kier alpha value is -2.55. The standard InChI is InChI=1S/C21H23F3N2O3S/c22-21(23,24)16-8-7-11-18(14-16)26(30(28,29)19-12-5-2-6-13-19)15-20(27)25-17-9-3-1-4-10-17/h2,5-8,11-14,17H,1,3-4,9-10,15H2,(H,25,27). The van der Waals surface area contributed by atoms with Crippen LogP contribution in [-0.4, -0.2) is 26.9 Å². The first-order chi connectivity index (χ1) is 14.2. The maximum Gasteiger partial charge on any atom is 0.416 e. The zero-order valence-electron chi connectivity index (χ0n) is 16.2. The summed E-state index contributed by atoms with van der Waals surface area (Å²) in [7, 11) is -4.25. The third kappa shape index (κ3) is 5.33. The molecule has 0 aliphatic heterocycles. The first kappa shape index (κ1) is 22.1. The molecule has 0 atom stereocenters. The van der Waals surface area contributed by atoms with Crippen LogP contribution in [0.5, 0.6) is 0 Å². The van der Waals surface area contributed by atoms with Crippen molar-refractivity contribution in [2.24, 2.45) is 0 Å². The van der Waals surface area contributed by atoms with Crippen molar-refractivity contribution in [1.29, 1.82) is 0 Å². The maximum absolute atomic E-state index is 13.2. The number of sulfonamides is 1. The molecule has 5 nitrogen and oxygen atoms in total. The average molecular weight is 440 g/mol. The lowest BCUT2D eigenvalue weighted by atomic mass is 9.95. The quantitative estimate of drug-likeness (QED) is 0.726. The number of hydrogen-bond acceptors (Lipinski definition) is 3. The summed E-state index contributed by atoms with van der Waals surface area (Å²) in [4.78, 5) is 12.5. The number of hydrogen-bond donors (Lipinski definition) is 1. The summed E-state index contributed by atoms with van der Waals surface area (Å²) < 4.78 is 66.6. The molecule has 9 heteroatoms. The molecule has 0 aromatic heterocycles. The van der Waals surface area contributed by atoms with Gasteiger partial charge in [-0.25, -0.2) is 8.42 Å². The van der Waals surface area contributed by atoms with Crippen LogP contribution in [0.3, 0.4) is 0 Å². The van der Waals surface area contributed by atoms with Gasteiger partial charge in [0.15, 0.2) is 0 Å². The van der Waals surface area contributed by atoms with Gasteiger partial charge in [-0.3, -0.25) is 9.10 Å². The second-order valence-corrected chi connectivity index (χ2v) is 9.14. The molecule has 1 aliphatic carbocycles. The summed E-state index contributed by atoms with van der Waals surface area (Å²) in [6.07, 6.45) is 0.0182. The van der Waals surface area contributed by atoms with Crippen molar-refractivity contribution in [2.75, 3.05) is 10.8 Å². The highest BCUT2D eigenvalue weighted by molar-refractivity contribution is 7.92. The number of carbonyl (C=O) groups is 1. The molecule has 1 aliphatic rings. The first-order valence-electron chi connectivity index (χ1n) is 9.72. The van der Waals surface area contributed by atoms with Crippen molar-refractivity contribution in [3.05, 3.63) is 60.2 Å². The van der Waals surface area contributed by atoms with Gasteiger partial charge in [-0.15, -0.1) is 0 Å². The number of benzene rings is 2. The second kappa shape index (κ2) is 9.07. The Balaban J connectivity index is 1.94. The molecule has 1 N–H and O–H groups in total. The van der Waals surface area contributed by atoms with Gasteiger partial charge in [-0.05, 0) is 43.2 Å². The van der Waals surface area contributed by atoms with Crippen molar-refractivity contribution in [3.63, 3.8) is 0 Å². The molecule has 1 fully saturated rings. The molecule has 0 bridgehead atoms. The normalized spacial score (nSPS) is 15.6. The van der Waals surface area contributed by atoms with E-state index < -0.39 is 34.2 Å². The third-order valence-corrected chi connectivity index (χ3v) is 6.84. The minimum Gasteiger partial charge on any atom is -0.352 e. The monoisotopic (exact) mass is 440 g/mol. The van der Waals surface area contributed by atoms with E-state index in [0.29, 0.717) is 0 Å². The molecule has 162 valence electrons. The summed E-state index contributed by atoms with van der Waals surface area (Å²) in [5.74, 6) is -0.543. The van der Waals surface area contributed by atoms with Gasteiger partial charge in [0, 0.05) is 6.04 Å². The van der Waals surface area contributed by atoms with Crippen LogP contribution in [0.25, 0.3) is 0 Å². The minimum atomic E-state index is -4.64. The van der Waals surface area contributed by atoms with E-state index >= 15 is 0 Å². The van der Waals surface area contributed by atoms with Gasteiger partial charge < -0.3 is 5.32 Å². The Morgan fingerprint density at radius 2 is 1.67 bits per heavy atom. The fourth-order valence-electron chi connectivity index (χ4n) is 3.52. The van der Waals surface area contributed by atoms with Crippen LogP contribution in [0.4, 0.5) is 18.9 Å². The van der Waals surface area contributed by atoms with Gasteiger partial charge in [0.05, 0.1) is 16.1 Å². The second-order valence-electron chi connectivity index (χ2n) is 7.28. The lowest BCUT2D eigenvalue weighted by Crippen LogP contribution is -2.45. The van der Waals surface area contributed by atoms with Gasteiger partial charge >= 0.3 is 6.18 Å². The Bertz CT molecular complexity index is 972. The fraction of sp³-hybridized carbons (Fsp3) is 0.381. The van der Waals surface area contributed by atoms with E-state index in [1.807, 2.05) is 0 Å². The molecule has 30 heavy (non-hydrogen) atoms. The Morgan fingerprint density at radius 1 is 1.00 bits per heavy atom. The van der Waals surface area contributed by atoms with Gasteiger partial charge in [0.2, 0.25) is 5.91 Å². The fourth-order valence-corrected chi connectivity index (χ4v) is 4.96. The van der Waals surface area contributed by atoms with Crippen molar-refractivity contribution in [1.82, 2.24) is 5.32 Å². The number of carbonyl (C=O) groups excluding carboxylic acids is 1. The third-order valence-electron chi connectivity index (χ3n) is 5.05. The topological polar surface area (TPSA) is 66.5 Å². The van der Waals surface area contributed by atoms with E-state index in [4.69, 9.17) is 0 Å². The molecule has 1 saturated carbocycles. The van der Waals surface area contributed by atoms with Crippen molar-refractivity contribution >= 4 is 21.6 Å². The maximum atomic E-state index is 13.2. The van der Waals surface area contributed by atoms with E-state index in [2.05, 4.69) is 5.32 Å². The number of nitrogens with one attached hydrogen (secondary N) is 1. The molecule has 0 unspecified atom stereocenters.